The largest absolute Gasteiger partial charge is 0.497 e. The molecule has 0 aliphatic rings. The van der Waals surface area contributed by atoms with E-state index in [0.29, 0.717) is 0 Å². The predicted octanol–water partition coefficient (Wildman–Crippen LogP) is 3.01. The Balaban J connectivity index is 2.06. The van der Waals surface area contributed by atoms with Crippen molar-refractivity contribution in [2.75, 3.05) is 7.11 Å². The highest BCUT2D eigenvalue weighted by atomic mass is 16.5. The zero-order valence-corrected chi connectivity index (χ0v) is 9.50. The third-order valence-electron chi connectivity index (χ3n) is 2.83. The van der Waals surface area contributed by atoms with Crippen molar-refractivity contribution < 1.29 is 4.74 Å². The van der Waals surface area contributed by atoms with Crippen molar-refractivity contribution in [1.82, 2.24) is 9.38 Å². The van der Waals surface area contributed by atoms with Crippen LogP contribution in [0.3, 0.4) is 0 Å². The number of rotatable bonds is 2. The fourth-order valence-electron chi connectivity index (χ4n) is 1.87. The van der Waals surface area contributed by atoms with Crippen LogP contribution in [0.2, 0.25) is 0 Å². The fraction of sp³-hybridized carbons (Fsp3) is 0.0714. The van der Waals surface area contributed by atoms with Gasteiger partial charge in [-0.3, -0.25) is 0 Å². The van der Waals surface area contributed by atoms with Crippen LogP contribution < -0.4 is 4.74 Å². The van der Waals surface area contributed by atoms with Crippen LogP contribution in [0, 0.1) is 0 Å². The standard InChI is InChI=1S/C14H12N2O/c1-17-14-6-3-11(4-7-14)12-2-5-13-8-15-10-16(13)9-12/h2-10H,1H3. The smallest absolute Gasteiger partial charge is 0.118 e. The first-order chi connectivity index (χ1) is 8.36. The summed E-state index contributed by atoms with van der Waals surface area (Å²) in [6.45, 7) is 0. The number of nitrogens with zero attached hydrogens (tertiary/aromatic N) is 2. The highest BCUT2D eigenvalue weighted by molar-refractivity contribution is 5.65. The van der Waals surface area contributed by atoms with E-state index < -0.39 is 0 Å². The van der Waals surface area contributed by atoms with Gasteiger partial charge in [0.2, 0.25) is 0 Å². The number of hydrogen-bond acceptors (Lipinski definition) is 2. The fourth-order valence-corrected chi connectivity index (χ4v) is 1.87. The number of benzene rings is 1. The summed E-state index contributed by atoms with van der Waals surface area (Å²) in [6, 6.07) is 12.2. The Morgan fingerprint density at radius 1 is 1.00 bits per heavy atom. The first kappa shape index (κ1) is 9.90. The summed E-state index contributed by atoms with van der Waals surface area (Å²) >= 11 is 0. The maximum atomic E-state index is 5.15. The summed E-state index contributed by atoms with van der Waals surface area (Å²) < 4.78 is 7.16. The van der Waals surface area contributed by atoms with E-state index in [-0.39, 0.29) is 0 Å². The highest BCUT2D eigenvalue weighted by Crippen LogP contribution is 2.22. The minimum absolute atomic E-state index is 0.873. The molecule has 0 N–H and O–H groups in total. The molecule has 3 nitrogen and oxygen atoms in total. The van der Waals surface area contributed by atoms with E-state index in [1.807, 2.05) is 29.1 Å². The Bertz CT molecular complexity index is 641. The van der Waals surface area contributed by atoms with Crippen LogP contribution in [0.5, 0.6) is 5.75 Å². The molecule has 0 saturated carbocycles. The number of fused-ring (bicyclic) bond motifs is 1. The van der Waals surface area contributed by atoms with Crippen LogP contribution in [0.4, 0.5) is 0 Å². The Kier molecular flexibility index (Phi) is 2.29. The second-order valence-corrected chi connectivity index (χ2v) is 3.87. The van der Waals surface area contributed by atoms with Crippen LogP contribution in [0.25, 0.3) is 16.6 Å². The highest BCUT2D eigenvalue weighted by Gasteiger charge is 2.00. The van der Waals surface area contributed by atoms with Crippen LogP contribution in [-0.2, 0) is 0 Å². The number of aromatic nitrogens is 2. The van der Waals surface area contributed by atoms with Gasteiger partial charge in [-0.05, 0) is 29.3 Å². The summed E-state index contributed by atoms with van der Waals surface area (Å²) in [5, 5.41) is 0. The first-order valence-corrected chi connectivity index (χ1v) is 5.43. The van der Waals surface area contributed by atoms with Crippen LogP contribution in [-0.4, -0.2) is 16.5 Å². The van der Waals surface area contributed by atoms with E-state index in [2.05, 4.69) is 35.4 Å². The van der Waals surface area contributed by atoms with Crippen molar-refractivity contribution in [3.63, 3.8) is 0 Å². The molecule has 0 spiro atoms. The molecule has 0 saturated heterocycles. The monoisotopic (exact) mass is 224 g/mol. The lowest BCUT2D eigenvalue weighted by Gasteiger charge is -2.04. The Morgan fingerprint density at radius 2 is 1.76 bits per heavy atom. The van der Waals surface area contributed by atoms with E-state index in [1.54, 1.807) is 7.11 Å². The Labute approximate surface area is 99.3 Å². The van der Waals surface area contributed by atoms with Crippen LogP contribution >= 0.6 is 0 Å². The Hall–Kier alpha value is -2.29. The number of hydrogen-bond donors (Lipinski definition) is 0. The lowest BCUT2D eigenvalue weighted by atomic mass is 10.1. The average molecular weight is 224 g/mol. The summed E-state index contributed by atoms with van der Waals surface area (Å²) in [6.07, 6.45) is 5.73. The van der Waals surface area contributed by atoms with Gasteiger partial charge >= 0.3 is 0 Å². The van der Waals surface area contributed by atoms with Crippen molar-refractivity contribution in [1.29, 1.82) is 0 Å². The summed E-state index contributed by atoms with van der Waals surface area (Å²) in [5.41, 5.74) is 3.43. The number of methoxy groups -OCH3 is 1. The van der Waals surface area contributed by atoms with Gasteiger partial charge in [-0.1, -0.05) is 18.2 Å². The molecule has 0 amide bonds. The van der Waals surface area contributed by atoms with Crippen molar-refractivity contribution in [3.8, 4) is 16.9 Å². The molecule has 0 radical (unpaired) electrons. The van der Waals surface area contributed by atoms with E-state index >= 15 is 0 Å². The normalized spacial score (nSPS) is 10.6. The van der Waals surface area contributed by atoms with Gasteiger partial charge in [0.15, 0.2) is 0 Å². The SMILES string of the molecule is COc1ccc(-c2ccc3cncn3c2)cc1. The van der Waals surface area contributed by atoms with E-state index in [1.165, 1.54) is 5.56 Å². The second-order valence-electron chi connectivity index (χ2n) is 3.87. The average Bonchev–Trinajstić information content (AvgIpc) is 2.86. The van der Waals surface area contributed by atoms with Gasteiger partial charge in [-0.15, -0.1) is 0 Å². The molecule has 0 bridgehead atoms. The summed E-state index contributed by atoms with van der Waals surface area (Å²) in [5.74, 6) is 0.873. The van der Waals surface area contributed by atoms with Gasteiger partial charge in [-0.25, -0.2) is 4.98 Å². The second kappa shape index (κ2) is 3.94. The molecule has 3 heteroatoms. The third-order valence-corrected chi connectivity index (χ3v) is 2.83. The lowest BCUT2D eigenvalue weighted by molar-refractivity contribution is 0.415. The molecule has 84 valence electrons. The van der Waals surface area contributed by atoms with Crippen molar-refractivity contribution in [3.05, 3.63) is 55.1 Å². The minimum Gasteiger partial charge on any atom is -0.497 e. The zero-order chi connectivity index (χ0) is 11.7. The quantitative estimate of drug-likeness (QED) is 0.669. The topological polar surface area (TPSA) is 26.5 Å². The molecular weight excluding hydrogens is 212 g/mol. The molecule has 3 rings (SSSR count). The zero-order valence-electron chi connectivity index (χ0n) is 9.50. The van der Waals surface area contributed by atoms with E-state index in [0.717, 1.165) is 16.8 Å². The predicted molar refractivity (Wildman–Crippen MR) is 67.2 cm³/mol. The van der Waals surface area contributed by atoms with Gasteiger partial charge in [0.05, 0.1) is 25.2 Å². The Morgan fingerprint density at radius 3 is 2.53 bits per heavy atom. The van der Waals surface area contributed by atoms with Crippen LogP contribution in [0.15, 0.2) is 55.1 Å². The molecular formula is C14H12N2O. The maximum absolute atomic E-state index is 5.15. The first-order valence-electron chi connectivity index (χ1n) is 5.43. The molecule has 2 aromatic heterocycles. The van der Waals surface area contributed by atoms with Crippen molar-refractivity contribution >= 4 is 5.52 Å². The summed E-state index contributed by atoms with van der Waals surface area (Å²) in [4.78, 5) is 4.11. The van der Waals surface area contributed by atoms with E-state index in [9.17, 15) is 0 Å². The molecule has 17 heavy (non-hydrogen) atoms. The number of ether oxygens (including phenoxy) is 1. The maximum Gasteiger partial charge on any atom is 0.118 e. The molecule has 3 aromatic rings. The summed E-state index contributed by atoms with van der Waals surface area (Å²) in [7, 11) is 1.67. The molecule has 0 unspecified atom stereocenters. The molecule has 2 heterocycles. The van der Waals surface area contributed by atoms with Gasteiger partial charge < -0.3 is 9.14 Å². The molecule has 1 aromatic carbocycles. The number of pyridine rings is 1. The van der Waals surface area contributed by atoms with Gasteiger partial charge in [0.1, 0.15) is 5.75 Å². The van der Waals surface area contributed by atoms with Gasteiger partial charge in [0.25, 0.3) is 0 Å². The van der Waals surface area contributed by atoms with Gasteiger partial charge in [-0.2, -0.15) is 0 Å². The van der Waals surface area contributed by atoms with Gasteiger partial charge in [0, 0.05) is 6.20 Å². The molecule has 0 fully saturated rings. The molecule has 0 aliphatic heterocycles. The molecule has 0 atom stereocenters. The third kappa shape index (κ3) is 1.76. The van der Waals surface area contributed by atoms with Crippen molar-refractivity contribution in [2.24, 2.45) is 0 Å². The number of imidazole rings is 1. The van der Waals surface area contributed by atoms with Crippen molar-refractivity contribution in [2.45, 2.75) is 0 Å². The van der Waals surface area contributed by atoms with E-state index in [4.69, 9.17) is 4.74 Å². The van der Waals surface area contributed by atoms with Crippen LogP contribution in [0.1, 0.15) is 0 Å². The lowest BCUT2D eigenvalue weighted by Crippen LogP contribution is -1.86. The minimum atomic E-state index is 0.873. The molecule has 0 aliphatic carbocycles.